The number of methoxy groups -OCH3 is 2. The predicted octanol–water partition coefficient (Wildman–Crippen LogP) is 4.76. The molecule has 176 valence electrons. The van der Waals surface area contributed by atoms with Gasteiger partial charge in [-0.15, -0.1) is 0 Å². The van der Waals surface area contributed by atoms with E-state index in [0.717, 1.165) is 28.2 Å². The first-order valence-corrected chi connectivity index (χ1v) is 10.1. The van der Waals surface area contributed by atoms with Crippen molar-refractivity contribution in [2.75, 3.05) is 14.2 Å². The van der Waals surface area contributed by atoms with Gasteiger partial charge in [0.1, 0.15) is 11.5 Å². The van der Waals surface area contributed by atoms with Crippen LogP contribution in [0.1, 0.15) is 27.0 Å². The number of ether oxygens (including phenoxy) is 2. The van der Waals surface area contributed by atoms with Crippen LogP contribution in [0, 0.1) is 6.92 Å². The van der Waals surface area contributed by atoms with E-state index in [1.54, 1.807) is 32.4 Å². The first-order chi connectivity index (χ1) is 16.4. The Bertz CT molecular complexity index is 1050. The summed E-state index contributed by atoms with van der Waals surface area (Å²) in [6, 6.07) is 21.6. The normalized spacial score (nSPS) is 8.91. The summed E-state index contributed by atoms with van der Waals surface area (Å²) >= 11 is 0. The van der Waals surface area contributed by atoms with Gasteiger partial charge in [-0.25, -0.2) is 24.4 Å². The molecule has 0 bridgehead atoms. The van der Waals surface area contributed by atoms with Crippen LogP contribution in [0.3, 0.4) is 0 Å². The Morgan fingerprint density at radius 3 is 1.53 bits per heavy atom. The van der Waals surface area contributed by atoms with Crippen LogP contribution < -0.4 is 9.47 Å². The summed E-state index contributed by atoms with van der Waals surface area (Å²) in [4.78, 5) is 36.8. The molecule has 3 aromatic carbocycles. The number of nitrogens with zero attached hydrogens (tertiary/aromatic N) is 2. The van der Waals surface area contributed by atoms with Crippen molar-refractivity contribution in [2.24, 2.45) is 9.98 Å². The molecule has 0 aliphatic heterocycles. The summed E-state index contributed by atoms with van der Waals surface area (Å²) in [7, 11) is 3.22. The number of carbonyl (C=O) groups is 1. The zero-order chi connectivity index (χ0) is 25.2. The van der Waals surface area contributed by atoms with Crippen LogP contribution in [-0.2, 0) is 22.7 Å². The molecule has 3 rings (SSSR count). The molecule has 0 aliphatic rings. The number of hydrogen-bond acceptors (Lipinski definition) is 7. The highest BCUT2D eigenvalue weighted by Gasteiger charge is 1.99. The number of benzene rings is 3. The average Bonchev–Trinajstić information content (AvgIpc) is 2.87. The number of carboxylic acids is 1. The van der Waals surface area contributed by atoms with E-state index in [1.807, 2.05) is 61.5 Å². The summed E-state index contributed by atoms with van der Waals surface area (Å²) in [6.45, 7) is 2.63. The molecule has 0 aromatic heterocycles. The number of hydrogen-bond donors (Lipinski definition) is 1. The van der Waals surface area contributed by atoms with Gasteiger partial charge in [0.05, 0.1) is 32.9 Å². The largest absolute Gasteiger partial charge is 0.497 e. The van der Waals surface area contributed by atoms with E-state index in [1.165, 1.54) is 12.2 Å². The van der Waals surface area contributed by atoms with Gasteiger partial charge in [-0.05, 0) is 54.4 Å². The van der Waals surface area contributed by atoms with E-state index < -0.39 is 5.97 Å². The van der Waals surface area contributed by atoms with E-state index >= 15 is 0 Å². The molecule has 8 heteroatoms. The lowest BCUT2D eigenvalue weighted by molar-refractivity contribution is 0.0696. The third-order valence-electron chi connectivity index (χ3n) is 4.24. The van der Waals surface area contributed by atoms with E-state index in [4.69, 9.17) is 14.6 Å². The summed E-state index contributed by atoms with van der Waals surface area (Å²) < 4.78 is 9.93. The Kier molecular flexibility index (Phi) is 13.1. The molecule has 0 aliphatic carbocycles. The maximum Gasteiger partial charge on any atom is 0.335 e. The zero-order valence-corrected chi connectivity index (χ0v) is 19.2. The van der Waals surface area contributed by atoms with Crippen LogP contribution in [0.25, 0.3) is 0 Å². The maximum absolute atomic E-state index is 10.4. The SMILES string of the molecule is COc1ccc(CN=C=O)cc1.COc1ccc(CN=C=O)cc1.Cc1cccc(C(=O)O)c1. The Morgan fingerprint density at radius 1 is 0.794 bits per heavy atom. The fourth-order valence-electron chi connectivity index (χ4n) is 2.49. The minimum absolute atomic E-state index is 0.347. The molecule has 0 fully saturated rings. The molecule has 0 saturated carbocycles. The van der Waals surface area contributed by atoms with Gasteiger partial charge >= 0.3 is 5.97 Å². The second kappa shape index (κ2) is 16.2. The molecule has 0 saturated heterocycles. The van der Waals surface area contributed by atoms with Crippen molar-refractivity contribution in [1.29, 1.82) is 0 Å². The van der Waals surface area contributed by atoms with Gasteiger partial charge in [0.25, 0.3) is 0 Å². The van der Waals surface area contributed by atoms with Crippen LogP contribution in [0.15, 0.2) is 82.8 Å². The molecule has 0 spiro atoms. The minimum atomic E-state index is -0.872. The lowest BCUT2D eigenvalue weighted by atomic mass is 10.1. The number of aliphatic imine (C=N–C) groups is 2. The van der Waals surface area contributed by atoms with Crippen LogP contribution in [-0.4, -0.2) is 37.5 Å². The second-order valence-corrected chi connectivity index (χ2v) is 6.69. The van der Waals surface area contributed by atoms with Gasteiger partial charge in [0.15, 0.2) is 0 Å². The van der Waals surface area contributed by atoms with Crippen molar-refractivity contribution in [3.8, 4) is 11.5 Å². The molecular weight excluding hydrogens is 436 g/mol. The summed E-state index contributed by atoms with van der Waals surface area (Å²) in [6.07, 6.45) is 2.98. The highest BCUT2D eigenvalue weighted by atomic mass is 16.5. The van der Waals surface area contributed by atoms with Crippen LogP contribution >= 0.6 is 0 Å². The van der Waals surface area contributed by atoms with Crippen molar-refractivity contribution < 1.29 is 29.0 Å². The second-order valence-electron chi connectivity index (χ2n) is 6.69. The molecule has 0 unspecified atom stereocenters. The minimum Gasteiger partial charge on any atom is -0.497 e. The summed E-state index contributed by atoms with van der Waals surface area (Å²) in [5, 5.41) is 8.51. The molecule has 0 amide bonds. The maximum atomic E-state index is 10.4. The predicted molar refractivity (Wildman–Crippen MR) is 128 cm³/mol. The Balaban J connectivity index is 0.000000256. The van der Waals surface area contributed by atoms with Crippen molar-refractivity contribution in [3.63, 3.8) is 0 Å². The van der Waals surface area contributed by atoms with Gasteiger partial charge in [-0.2, -0.15) is 0 Å². The van der Waals surface area contributed by atoms with Gasteiger partial charge in [-0.3, -0.25) is 0 Å². The molecule has 34 heavy (non-hydrogen) atoms. The van der Waals surface area contributed by atoms with Crippen LogP contribution in [0.2, 0.25) is 0 Å². The quantitative estimate of drug-likeness (QED) is 0.400. The first-order valence-electron chi connectivity index (χ1n) is 10.1. The molecule has 0 heterocycles. The molecule has 3 aromatic rings. The highest BCUT2D eigenvalue weighted by molar-refractivity contribution is 5.87. The van der Waals surface area contributed by atoms with Crippen LogP contribution in [0.5, 0.6) is 11.5 Å². The van der Waals surface area contributed by atoms with Gasteiger partial charge in [0.2, 0.25) is 12.2 Å². The summed E-state index contributed by atoms with van der Waals surface area (Å²) in [5.41, 5.74) is 3.26. The molecule has 0 radical (unpaired) electrons. The lowest BCUT2D eigenvalue weighted by Crippen LogP contribution is -1.95. The third-order valence-corrected chi connectivity index (χ3v) is 4.24. The van der Waals surface area contributed by atoms with Crippen molar-refractivity contribution in [1.82, 2.24) is 0 Å². The number of rotatable bonds is 7. The highest BCUT2D eigenvalue weighted by Crippen LogP contribution is 2.12. The van der Waals surface area contributed by atoms with E-state index in [0.29, 0.717) is 18.7 Å². The fourth-order valence-corrected chi connectivity index (χ4v) is 2.49. The van der Waals surface area contributed by atoms with E-state index in [-0.39, 0.29) is 0 Å². The Labute approximate surface area is 198 Å². The number of aryl methyl sites for hydroxylation is 1. The number of aromatic carboxylic acids is 1. The Morgan fingerprint density at radius 2 is 1.24 bits per heavy atom. The first kappa shape index (κ1) is 27.5. The monoisotopic (exact) mass is 462 g/mol. The molecule has 8 nitrogen and oxygen atoms in total. The zero-order valence-electron chi connectivity index (χ0n) is 19.2. The van der Waals surface area contributed by atoms with Crippen LogP contribution in [0.4, 0.5) is 0 Å². The summed E-state index contributed by atoms with van der Waals surface area (Å²) in [5.74, 6) is 0.728. The van der Waals surface area contributed by atoms with Gasteiger partial charge < -0.3 is 14.6 Å². The molecule has 0 atom stereocenters. The fraction of sp³-hybridized carbons (Fsp3) is 0.192. The van der Waals surface area contributed by atoms with Gasteiger partial charge in [0, 0.05) is 0 Å². The smallest absolute Gasteiger partial charge is 0.335 e. The standard InChI is InChI=1S/2C9H9NO2.C8H8O2/c2*1-12-9-4-2-8(3-5-9)6-10-7-11;1-6-3-2-4-7(5-6)8(9)10/h2*2-5H,6H2,1H3;2-5H,1H3,(H,9,10). The molecular formula is C26H26N2O6. The topological polar surface area (TPSA) is 115 Å². The van der Waals surface area contributed by atoms with E-state index in [2.05, 4.69) is 9.98 Å². The Hall–Kier alpha value is -4.51. The third kappa shape index (κ3) is 11.2. The van der Waals surface area contributed by atoms with E-state index in [9.17, 15) is 14.4 Å². The van der Waals surface area contributed by atoms with Crippen molar-refractivity contribution in [3.05, 3.63) is 95.1 Å². The van der Waals surface area contributed by atoms with Crippen molar-refractivity contribution >= 4 is 18.1 Å². The number of carboxylic acid groups (broad SMARTS) is 1. The number of isocyanates is 2. The molecule has 1 N–H and O–H groups in total. The van der Waals surface area contributed by atoms with Gasteiger partial charge in [-0.1, -0.05) is 42.0 Å². The van der Waals surface area contributed by atoms with Crippen molar-refractivity contribution in [2.45, 2.75) is 20.0 Å². The lowest BCUT2D eigenvalue weighted by Gasteiger charge is -1.99. The number of carbonyl (C=O) groups excluding carboxylic acids is 2. The average molecular weight is 463 g/mol.